The Labute approximate surface area is 149 Å². The van der Waals surface area contributed by atoms with Crippen molar-refractivity contribution in [3.05, 3.63) is 65.2 Å². The summed E-state index contributed by atoms with van der Waals surface area (Å²) in [5.74, 6) is 0.0823. The van der Waals surface area contributed by atoms with Gasteiger partial charge in [-0.05, 0) is 36.1 Å². The van der Waals surface area contributed by atoms with Gasteiger partial charge < -0.3 is 9.80 Å². The van der Waals surface area contributed by atoms with Gasteiger partial charge in [0.1, 0.15) is 0 Å². The molecule has 0 saturated carbocycles. The summed E-state index contributed by atoms with van der Waals surface area (Å²) in [7, 11) is 0. The van der Waals surface area contributed by atoms with Crippen molar-refractivity contribution in [1.82, 2.24) is 4.90 Å². The van der Waals surface area contributed by atoms with Gasteiger partial charge in [0.05, 0.1) is 0 Å². The topological polar surface area (TPSA) is 40.6 Å². The lowest BCUT2D eigenvalue weighted by molar-refractivity contribution is -0.130. The number of rotatable bonds is 5. The summed E-state index contributed by atoms with van der Waals surface area (Å²) in [5.41, 5.74) is 4.52. The van der Waals surface area contributed by atoms with E-state index in [1.807, 2.05) is 54.3 Å². The molecule has 0 aliphatic carbocycles. The number of anilines is 1. The Morgan fingerprint density at radius 1 is 1.08 bits per heavy atom. The van der Waals surface area contributed by atoms with Gasteiger partial charge in [-0.3, -0.25) is 9.59 Å². The molecule has 3 rings (SSSR count). The van der Waals surface area contributed by atoms with E-state index in [1.54, 1.807) is 11.8 Å². The maximum absolute atomic E-state index is 12.6. The Bertz CT molecular complexity index is 785. The molecule has 1 heterocycles. The van der Waals surface area contributed by atoms with Gasteiger partial charge in [-0.2, -0.15) is 0 Å². The number of hydrogen-bond donors (Lipinski definition) is 0. The highest BCUT2D eigenvalue weighted by molar-refractivity contribution is 5.95. The summed E-state index contributed by atoms with van der Waals surface area (Å²) < 4.78 is 0. The fourth-order valence-corrected chi connectivity index (χ4v) is 3.30. The largest absolute Gasteiger partial charge is 0.338 e. The van der Waals surface area contributed by atoms with E-state index < -0.39 is 0 Å². The normalized spacial score (nSPS) is 12.8. The molecule has 4 nitrogen and oxygen atoms in total. The number of para-hydroxylation sites is 1. The number of hydrogen-bond acceptors (Lipinski definition) is 2. The van der Waals surface area contributed by atoms with Crippen LogP contribution in [0.25, 0.3) is 0 Å². The molecule has 1 aliphatic rings. The van der Waals surface area contributed by atoms with Crippen molar-refractivity contribution in [2.24, 2.45) is 0 Å². The molecule has 25 heavy (non-hydrogen) atoms. The molecule has 0 radical (unpaired) electrons. The minimum Gasteiger partial charge on any atom is -0.338 e. The Hall–Kier alpha value is -2.62. The van der Waals surface area contributed by atoms with Crippen molar-refractivity contribution < 1.29 is 9.59 Å². The predicted octanol–water partition coefficient (Wildman–Crippen LogP) is 3.32. The summed E-state index contributed by atoms with van der Waals surface area (Å²) >= 11 is 0. The minimum atomic E-state index is -0.00197. The van der Waals surface area contributed by atoms with Crippen LogP contribution in [0.4, 0.5) is 5.69 Å². The maximum Gasteiger partial charge on any atom is 0.228 e. The zero-order valence-electron chi connectivity index (χ0n) is 14.9. The second kappa shape index (κ2) is 7.51. The lowest BCUT2D eigenvalue weighted by Gasteiger charge is -2.24. The molecule has 0 saturated heterocycles. The second-order valence-electron chi connectivity index (χ2n) is 6.54. The van der Waals surface area contributed by atoms with Gasteiger partial charge in [0, 0.05) is 38.7 Å². The third kappa shape index (κ3) is 3.90. The van der Waals surface area contributed by atoms with Gasteiger partial charge in [-0.1, -0.05) is 42.5 Å². The SMILES string of the molecule is CC(=O)N(CCC(=O)N1CCc2ccccc21)Cc1ccccc1C. The number of fused-ring (bicyclic) bond motifs is 1. The molecule has 130 valence electrons. The molecular formula is C21H24N2O2. The van der Waals surface area contributed by atoms with Crippen molar-refractivity contribution in [2.75, 3.05) is 18.0 Å². The van der Waals surface area contributed by atoms with Gasteiger partial charge in [-0.25, -0.2) is 0 Å². The van der Waals surface area contributed by atoms with Crippen molar-refractivity contribution >= 4 is 17.5 Å². The van der Waals surface area contributed by atoms with E-state index in [4.69, 9.17) is 0 Å². The summed E-state index contributed by atoms with van der Waals surface area (Å²) in [5, 5.41) is 0. The molecule has 0 bridgehead atoms. The van der Waals surface area contributed by atoms with Gasteiger partial charge in [0.2, 0.25) is 11.8 Å². The molecular weight excluding hydrogens is 312 g/mol. The molecule has 0 fully saturated rings. The Kier molecular flexibility index (Phi) is 5.17. The molecule has 0 atom stereocenters. The van der Waals surface area contributed by atoms with E-state index in [0.717, 1.165) is 29.8 Å². The number of benzene rings is 2. The van der Waals surface area contributed by atoms with Gasteiger partial charge in [-0.15, -0.1) is 0 Å². The Morgan fingerprint density at radius 3 is 2.56 bits per heavy atom. The predicted molar refractivity (Wildman–Crippen MR) is 99.4 cm³/mol. The molecule has 2 aromatic carbocycles. The van der Waals surface area contributed by atoms with Crippen LogP contribution in [0.15, 0.2) is 48.5 Å². The van der Waals surface area contributed by atoms with E-state index in [0.29, 0.717) is 19.5 Å². The van der Waals surface area contributed by atoms with Crippen LogP contribution in [-0.4, -0.2) is 29.8 Å². The first-order valence-electron chi connectivity index (χ1n) is 8.74. The van der Waals surface area contributed by atoms with E-state index >= 15 is 0 Å². The molecule has 0 unspecified atom stereocenters. The average molecular weight is 336 g/mol. The molecule has 0 spiro atoms. The van der Waals surface area contributed by atoms with E-state index in [2.05, 4.69) is 6.07 Å². The van der Waals surface area contributed by atoms with Crippen molar-refractivity contribution in [2.45, 2.75) is 33.2 Å². The number of nitrogens with zero attached hydrogens (tertiary/aromatic N) is 2. The summed E-state index contributed by atoms with van der Waals surface area (Å²) in [6.07, 6.45) is 1.25. The molecule has 4 heteroatoms. The van der Waals surface area contributed by atoms with Crippen LogP contribution in [0.2, 0.25) is 0 Å². The van der Waals surface area contributed by atoms with E-state index in [1.165, 1.54) is 5.56 Å². The van der Waals surface area contributed by atoms with Gasteiger partial charge in [0.15, 0.2) is 0 Å². The monoisotopic (exact) mass is 336 g/mol. The van der Waals surface area contributed by atoms with E-state index in [-0.39, 0.29) is 11.8 Å². The highest BCUT2D eigenvalue weighted by Crippen LogP contribution is 2.27. The zero-order valence-corrected chi connectivity index (χ0v) is 14.9. The maximum atomic E-state index is 12.6. The van der Waals surface area contributed by atoms with Crippen LogP contribution in [0.3, 0.4) is 0 Å². The number of carbonyl (C=O) groups is 2. The van der Waals surface area contributed by atoms with Gasteiger partial charge >= 0.3 is 0 Å². The van der Waals surface area contributed by atoms with E-state index in [9.17, 15) is 9.59 Å². The smallest absolute Gasteiger partial charge is 0.228 e. The summed E-state index contributed by atoms with van der Waals surface area (Å²) in [4.78, 5) is 28.2. The number of carbonyl (C=O) groups excluding carboxylic acids is 2. The summed E-state index contributed by atoms with van der Waals surface area (Å²) in [6.45, 7) is 5.33. The lowest BCUT2D eigenvalue weighted by atomic mass is 10.1. The highest BCUT2D eigenvalue weighted by Gasteiger charge is 2.24. The van der Waals surface area contributed by atoms with Crippen LogP contribution in [-0.2, 0) is 22.6 Å². The van der Waals surface area contributed by atoms with Crippen LogP contribution >= 0.6 is 0 Å². The standard InChI is InChI=1S/C21H24N2O2/c1-16-7-3-4-9-19(16)15-22(17(2)24)13-12-21(25)23-14-11-18-8-5-6-10-20(18)23/h3-10H,11-15H2,1-2H3. The third-order valence-corrected chi connectivity index (χ3v) is 4.85. The first kappa shape index (κ1) is 17.2. The molecule has 2 aromatic rings. The first-order valence-corrected chi connectivity index (χ1v) is 8.74. The average Bonchev–Trinajstić information content (AvgIpc) is 3.03. The Morgan fingerprint density at radius 2 is 1.80 bits per heavy atom. The number of amides is 2. The van der Waals surface area contributed by atoms with Crippen LogP contribution in [0, 0.1) is 6.92 Å². The van der Waals surface area contributed by atoms with Crippen molar-refractivity contribution in [3.8, 4) is 0 Å². The Balaban J connectivity index is 1.63. The highest BCUT2D eigenvalue weighted by atomic mass is 16.2. The van der Waals surface area contributed by atoms with Crippen LogP contribution in [0.5, 0.6) is 0 Å². The van der Waals surface area contributed by atoms with Crippen molar-refractivity contribution in [1.29, 1.82) is 0 Å². The lowest BCUT2D eigenvalue weighted by Crippen LogP contribution is -2.35. The molecule has 2 amide bonds. The fourth-order valence-electron chi connectivity index (χ4n) is 3.30. The zero-order chi connectivity index (χ0) is 17.8. The molecule has 0 N–H and O–H groups in total. The molecule has 1 aliphatic heterocycles. The van der Waals surface area contributed by atoms with Crippen LogP contribution in [0.1, 0.15) is 30.0 Å². The van der Waals surface area contributed by atoms with Crippen LogP contribution < -0.4 is 4.90 Å². The summed E-state index contributed by atoms with van der Waals surface area (Å²) in [6, 6.07) is 16.1. The van der Waals surface area contributed by atoms with Gasteiger partial charge in [0.25, 0.3) is 0 Å². The minimum absolute atomic E-state index is 0.00197. The van der Waals surface area contributed by atoms with Crippen molar-refractivity contribution in [3.63, 3.8) is 0 Å². The number of aryl methyl sites for hydroxylation is 1. The quantitative estimate of drug-likeness (QED) is 0.840. The fraction of sp³-hybridized carbons (Fsp3) is 0.333. The first-order chi connectivity index (χ1) is 12.1. The second-order valence-corrected chi connectivity index (χ2v) is 6.54. The third-order valence-electron chi connectivity index (χ3n) is 4.85. The molecule has 0 aromatic heterocycles.